The molecule has 0 fully saturated rings. The van der Waals surface area contributed by atoms with Gasteiger partial charge in [0.1, 0.15) is 0 Å². The third-order valence-electron chi connectivity index (χ3n) is 11.0. The van der Waals surface area contributed by atoms with Crippen LogP contribution in [0.25, 0.3) is 0 Å². The lowest BCUT2D eigenvalue weighted by atomic mass is 9.89. The molecule has 16 N–H and O–H groups in total. The number of rotatable bonds is 43. The van der Waals surface area contributed by atoms with Gasteiger partial charge >= 0.3 is 0 Å². The van der Waals surface area contributed by atoms with Crippen molar-refractivity contribution >= 4 is 23.6 Å². The van der Waals surface area contributed by atoms with Crippen LogP contribution in [0.4, 0.5) is 0 Å². The van der Waals surface area contributed by atoms with Crippen LogP contribution in [0, 0.1) is 11.8 Å². The molecule has 4 amide bonds. The summed E-state index contributed by atoms with van der Waals surface area (Å²) in [7, 11) is 0. The van der Waals surface area contributed by atoms with Crippen LogP contribution in [-0.2, 0) is 20.8 Å². The fourth-order valence-corrected chi connectivity index (χ4v) is 7.32. The van der Waals surface area contributed by atoms with Crippen LogP contribution in [0.3, 0.4) is 0 Å². The first-order valence-corrected chi connectivity index (χ1v) is 24.5. The van der Waals surface area contributed by atoms with Gasteiger partial charge in [0.15, 0.2) is 0 Å². The average Bonchev–Trinajstić information content (AvgIpc) is 3.26. The molecule has 0 saturated heterocycles. The van der Waals surface area contributed by atoms with E-state index in [0.717, 1.165) is 161 Å². The smallest absolute Gasteiger partial charge is 0.251 e. The van der Waals surface area contributed by atoms with Crippen molar-refractivity contribution in [3.63, 3.8) is 0 Å². The maximum Gasteiger partial charge on any atom is 0.251 e. The molecule has 1 aromatic rings. The highest BCUT2D eigenvalue weighted by atomic mass is 16.2. The Balaban J connectivity index is 2.12. The summed E-state index contributed by atoms with van der Waals surface area (Å²) in [4.78, 5) is 50.3. The van der Waals surface area contributed by atoms with E-state index in [4.69, 9.17) is 22.9 Å². The van der Waals surface area contributed by atoms with Crippen molar-refractivity contribution in [2.75, 3.05) is 91.6 Å². The van der Waals surface area contributed by atoms with Crippen LogP contribution in [-0.4, -0.2) is 127 Å². The molecule has 0 bridgehead atoms. The van der Waals surface area contributed by atoms with Crippen molar-refractivity contribution in [2.45, 2.75) is 135 Å². The van der Waals surface area contributed by atoms with Gasteiger partial charge in [0.2, 0.25) is 17.7 Å². The van der Waals surface area contributed by atoms with E-state index in [-0.39, 0.29) is 29.5 Å². The van der Waals surface area contributed by atoms with Gasteiger partial charge in [0, 0.05) is 38.2 Å². The van der Waals surface area contributed by atoms with Crippen LogP contribution in [0.2, 0.25) is 0 Å². The molecule has 1 rings (SSSR count). The lowest BCUT2D eigenvalue weighted by Gasteiger charge is -2.18. The Morgan fingerprint density at radius 2 is 0.937 bits per heavy atom. The third kappa shape index (κ3) is 33.9. The zero-order valence-corrected chi connectivity index (χ0v) is 39.5. The highest BCUT2D eigenvalue weighted by Gasteiger charge is 2.16. The average molecular weight is 889 g/mol. The summed E-state index contributed by atoms with van der Waals surface area (Å²) >= 11 is 0. The first kappa shape index (κ1) is 57.8. The molecule has 16 nitrogen and oxygen atoms in total. The zero-order chi connectivity index (χ0) is 46.2. The molecule has 364 valence electrons. The number of nitrogens with one attached hydrogen (secondary N) is 8. The van der Waals surface area contributed by atoms with Gasteiger partial charge in [-0.15, -0.1) is 0 Å². The number of nitrogens with two attached hydrogens (primary N) is 4. The molecule has 0 aliphatic heterocycles. The van der Waals surface area contributed by atoms with E-state index in [0.29, 0.717) is 56.9 Å². The van der Waals surface area contributed by atoms with Gasteiger partial charge in [0.25, 0.3) is 5.91 Å². The lowest BCUT2D eigenvalue weighted by molar-refractivity contribution is -0.123. The van der Waals surface area contributed by atoms with E-state index >= 15 is 0 Å². The highest BCUT2D eigenvalue weighted by molar-refractivity contribution is 5.94. The number of hydrogen-bond acceptors (Lipinski definition) is 12. The van der Waals surface area contributed by atoms with Crippen molar-refractivity contribution in [3.8, 4) is 0 Å². The van der Waals surface area contributed by atoms with Crippen molar-refractivity contribution in [2.24, 2.45) is 34.8 Å². The van der Waals surface area contributed by atoms with Gasteiger partial charge < -0.3 is 65.5 Å². The van der Waals surface area contributed by atoms with E-state index in [1.165, 1.54) is 0 Å². The molecule has 63 heavy (non-hydrogen) atoms. The van der Waals surface area contributed by atoms with Crippen molar-refractivity contribution < 1.29 is 19.2 Å². The molecule has 4 atom stereocenters. The second-order valence-electron chi connectivity index (χ2n) is 17.4. The minimum Gasteiger partial charge on any atom is -0.356 e. The maximum absolute atomic E-state index is 12.9. The van der Waals surface area contributed by atoms with E-state index in [2.05, 4.69) is 56.4 Å². The summed E-state index contributed by atoms with van der Waals surface area (Å²) in [5.74, 6) is 0.239. The Bertz CT molecular complexity index is 1310. The largest absolute Gasteiger partial charge is 0.356 e. The molecular formula is C47H92N12O4. The predicted octanol–water partition coefficient (Wildman–Crippen LogP) is 1.75. The first-order chi connectivity index (χ1) is 30.6. The summed E-state index contributed by atoms with van der Waals surface area (Å²) in [6, 6.07) is 6.64. The van der Waals surface area contributed by atoms with Crippen LogP contribution >= 0.6 is 0 Å². The van der Waals surface area contributed by atoms with Crippen LogP contribution in [0.15, 0.2) is 24.3 Å². The van der Waals surface area contributed by atoms with Crippen molar-refractivity contribution in [1.29, 1.82) is 0 Å². The number of unbranched alkanes of at least 4 members (excludes halogenated alkanes) is 4. The normalized spacial score (nSPS) is 13.2. The van der Waals surface area contributed by atoms with E-state index in [9.17, 15) is 19.2 Å². The van der Waals surface area contributed by atoms with E-state index < -0.39 is 12.1 Å². The SMILES string of the molecule is CC(CC(=O)NCCCC[C@@H](N)C(=O)NCCCNCCCCNCCCN)CC(C)Cc1cccc(C(=O)NCCCC[C@H](N)C(=O)NCCCNCCCCNCCCN)c1. The molecule has 0 aliphatic rings. The third-order valence-corrected chi connectivity index (χ3v) is 11.0. The van der Waals surface area contributed by atoms with Crippen molar-refractivity contribution in [1.82, 2.24) is 42.5 Å². The lowest BCUT2D eigenvalue weighted by Crippen LogP contribution is -2.41. The number of amides is 4. The number of hydrogen-bond donors (Lipinski definition) is 12. The Kier molecular flexibility index (Phi) is 37.0. The molecule has 0 aliphatic carbocycles. The molecular weight excluding hydrogens is 797 g/mol. The molecule has 0 saturated carbocycles. The Labute approximate surface area is 381 Å². The predicted molar refractivity (Wildman–Crippen MR) is 259 cm³/mol. The van der Waals surface area contributed by atoms with Crippen LogP contribution in [0.1, 0.15) is 133 Å². The summed E-state index contributed by atoms with van der Waals surface area (Å²) in [5, 5.41) is 25.5. The monoisotopic (exact) mass is 889 g/mol. The van der Waals surface area contributed by atoms with E-state index in [1.807, 2.05) is 24.3 Å². The highest BCUT2D eigenvalue weighted by Crippen LogP contribution is 2.20. The zero-order valence-electron chi connectivity index (χ0n) is 39.5. The van der Waals surface area contributed by atoms with Crippen molar-refractivity contribution in [3.05, 3.63) is 35.4 Å². The number of benzene rings is 1. The summed E-state index contributed by atoms with van der Waals surface area (Å²) < 4.78 is 0. The molecule has 2 unspecified atom stereocenters. The minimum absolute atomic E-state index is 0.0392. The molecule has 0 aromatic heterocycles. The number of carbonyl (C=O) groups excluding carboxylic acids is 4. The topological polar surface area (TPSA) is 269 Å². The van der Waals surface area contributed by atoms with E-state index in [1.54, 1.807) is 0 Å². The molecule has 1 aromatic carbocycles. The molecule has 0 radical (unpaired) electrons. The second-order valence-corrected chi connectivity index (χ2v) is 17.4. The van der Waals surface area contributed by atoms with Gasteiger partial charge in [-0.25, -0.2) is 0 Å². The fraction of sp³-hybridized carbons (Fsp3) is 0.787. The summed E-state index contributed by atoms with van der Waals surface area (Å²) in [6.45, 7) is 15.7. The fourth-order valence-electron chi connectivity index (χ4n) is 7.32. The second kappa shape index (κ2) is 40.3. The van der Waals surface area contributed by atoms with Crippen LogP contribution < -0.4 is 65.5 Å². The standard InChI is InChI=1S/C47H92N12O4/c1-38(34-39(2)36-44(60)56-30-5-3-18-42(50)46(62)58-32-14-28-54-24-9-7-22-52-26-12-20-48)35-40-16-11-17-41(37-40)45(61)57-31-6-4-19-43(51)47(63)59-33-15-29-55-25-10-8-23-53-27-13-21-49/h11,16-17,37-39,42-43,52-55H,3-10,12-15,18-36,48-51H2,1-2H3,(H,56,60)(H,57,61)(H,58,62)(H,59,63)/t38?,39?,42-,43+/m1/s1. The van der Waals surface area contributed by atoms with Crippen LogP contribution in [0.5, 0.6) is 0 Å². The molecule has 0 heterocycles. The molecule has 0 spiro atoms. The summed E-state index contributed by atoms with van der Waals surface area (Å²) in [5.41, 5.74) is 24.9. The van der Waals surface area contributed by atoms with Gasteiger partial charge in [-0.05, 0) is 198 Å². The van der Waals surface area contributed by atoms with Gasteiger partial charge in [-0.1, -0.05) is 26.0 Å². The maximum atomic E-state index is 12.9. The Morgan fingerprint density at radius 3 is 1.43 bits per heavy atom. The summed E-state index contributed by atoms with van der Waals surface area (Å²) in [6.07, 6.45) is 14.6. The van der Waals surface area contributed by atoms with Gasteiger partial charge in [-0.2, -0.15) is 0 Å². The first-order valence-electron chi connectivity index (χ1n) is 24.5. The molecule has 16 heteroatoms. The quantitative estimate of drug-likeness (QED) is 0.0419. The Morgan fingerprint density at radius 1 is 0.508 bits per heavy atom. The minimum atomic E-state index is -0.553. The number of carbonyl (C=O) groups is 4. The van der Waals surface area contributed by atoms with Gasteiger partial charge in [-0.3, -0.25) is 19.2 Å². The van der Waals surface area contributed by atoms with Gasteiger partial charge in [0.05, 0.1) is 12.1 Å². The Hall–Kier alpha value is -3.22.